The number of nitrogens with zero attached hydrogens (tertiary/aromatic N) is 4. The van der Waals surface area contributed by atoms with Gasteiger partial charge in [-0.1, -0.05) is 6.07 Å². The van der Waals surface area contributed by atoms with E-state index in [4.69, 9.17) is 4.74 Å². The number of β-amino-alcohol motifs (C(OH)–C–C–N with tert-alkyl or cyclic N) is 1. The molecule has 1 saturated heterocycles. The van der Waals surface area contributed by atoms with Gasteiger partial charge in [-0.3, -0.25) is 4.90 Å². The molecule has 1 aliphatic heterocycles. The van der Waals surface area contributed by atoms with E-state index in [9.17, 15) is 27.5 Å². The Morgan fingerprint density at radius 2 is 1.97 bits per heavy atom. The summed E-state index contributed by atoms with van der Waals surface area (Å²) in [5.74, 6) is -3.50. The van der Waals surface area contributed by atoms with E-state index in [1.54, 1.807) is 4.90 Å². The van der Waals surface area contributed by atoms with Gasteiger partial charge in [0.15, 0.2) is 0 Å². The second-order valence-electron chi connectivity index (χ2n) is 7.13. The highest BCUT2D eigenvalue weighted by molar-refractivity contribution is 6.31. The Hall–Kier alpha value is -2.24. The molecule has 3 rings (SSSR count). The maximum absolute atomic E-state index is 14.4. The average Bonchev–Trinajstić information content (AvgIpc) is 3.15. The van der Waals surface area contributed by atoms with E-state index in [1.807, 2.05) is 0 Å². The van der Waals surface area contributed by atoms with E-state index >= 15 is 0 Å². The lowest BCUT2D eigenvalue weighted by atomic mass is 9.91. The molecule has 0 spiro atoms. The normalized spacial score (nSPS) is 18.2. The van der Waals surface area contributed by atoms with Crippen LogP contribution >= 0.6 is 11.6 Å². The first-order chi connectivity index (χ1) is 14.1. The van der Waals surface area contributed by atoms with Crippen LogP contribution in [0, 0.1) is 11.6 Å². The van der Waals surface area contributed by atoms with Crippen molar-refractivity contribution in [1.82, 2.24) is 19.7 Å². The summed E-state index contributed by atoms with van der Waals surface area (Å²) in [6.45, 7) is 0.368. The first-order valence-electron chi connectivity index (χ1n) is 9.07. The number of carbonyl (C=O) groups excluding carboxylic acids is 1. The molecule has 1 N–H and O–H groups in total. The van der Waals surface area contributed by atoms with Gasteiger partial charge in [0.25, 0.3) is 0 Å². The molecule has 12 heteroatoms. The number of esters is 1. The van der Waals surface area contributed by atoms with Gasteiger partial charge in [-0.2, -0.15) is 13.9 Å². The molecule has 164 valence electrons. The number of likely N-dealkylation sites (tertiary alicyclic amines) is 1. The SMILES string of the molecule is O=C(OC1CCN(CC(O)(Cn2cncn2)c2ccc(F)cc2F)CC1)C(F)(F)Cl. The minimum absolute atomic E-state index is 0.0538. The Morgan fingerprint density at radius 3 is 2.53 bits per heavy atom. The second-order valence-corrected chi connectivity index (χ2v) is 7.60. The third-order valence-electron chi connectivity index (χ3n) is 4.85. The van der Waals surface area contributed by atoms with Crippen molar-refractivity contribution in [3.63, 3.8) is 0 Å². The number of ether oxygens (including phenoxy) is 1. The van der Waals surface area contributed by atoms with Crippen LogP contribution in [0.1, 0.15) is 18.4 Å². The zero-order valence-corrected chi connectivity index (χ0v) is 16.4. The second kappa shape index (κ2) is 8.86. The highest BCUT2D eigenvalue weighted by Gasteiger charge is 2.41. The van der Waals surface area contributed by atoms with Crippen LogP contribution in [0.4, 0.5) is 17.6 Å². The molecule has 30 heavy (non-hydrogen) atoms. The summed E-state index contributed by atoms with van der Waals surface area (Å²) in [6, 6.07) is 2.89. The van der Waals surface area contributed by atoms with Crippen LogP contribution < -0.4 is 0 Å². The molecule has 0 aliphatic carbocycles. The van der Waals surface area contributed by atoms with Crippen molar-refractivity contribution in [3.8, 4) is 0 Å². The van der Waals surface area contributed by atoms with Crippen molar-refractivity contribution in [2.24, 2.45) is 0 Å². The number of carbonyl (C=O) groups is 1. The molecule has 1 aromatic carbocycles. The van der Waals surface area contributed by atoms with Crippen LogP contribution in [0.15, 0.2) is 30.9 Å². The van der Waals surface area contributed by atoms with Gasteiger partial charge >= 0.3 is 11.4 Å². The van der Waals surface area contributed by atoms with E-state index in [2.05, 4.69) is 21.7 Å². The van der Waals surface area contributed by atoms with E-state index in [0.29, 0.717) is 6.07 Å². The maximum Gasteiger partial charge on any atom is 0.417 e. The molecule has 1 unspecified atom stereocenters. The molecular formula is C18H19ClF4N4O3. The molecule has 1 fully saturated rings. The molecule has 1 aromatic heterocycles. The standard InChI is InChI=1S/C18H19ClF4N4O3/c19-18(22,23)16(28)30-13-3-5-26(6-4-13)8-17(29,9-27-11-24-10-25-27)14-2-1-12(20)7-15(14)21/h1-2,7,10-11,13,29H,3-6,8-9H2. The zero-order valence-electron chi connectivity index (χ0n) is 15.6. The summed E-state index contributed by atoms with van der Waals surface area (Å²) in [5, 5.41) is 11.1. The molecule has 7 nitrogen and oxygen atoms in total. The van der Waals surface area contributed by atoms with Crippen LogP contribution in [0.3, 0.4) is 0 Å². The summed E-state index contributed by atoms with van der Waals surface area (Å²) >= 11 is 4.65. The van der Waals surface area contributed by atoms with Crippen molar-refractivity contribution in [2.45, 2.75) is 36.5 Å². The third kappa shape index (κ3) is 5.46. The fourth-order valence-electron chi connectivity index (χ4n) is 3.44. The van der Waals surface area contributed by atoms with Gasteiger partial charge in [0, 0.05) is 31.3 Å². The predicted octanol–water partition coefficient (Wildman–Crippen LogP) is 2.28. The number of piperidine rings is 1. The Balaban J connectivity index is 1.71. The minimum Gasteiger partial charge on any atom is -0.457 e. The summed E-state index contributed by atoms with van der Waals surface area (Å²) in [4.78, 5) is 16.8. The lowest BCUT2D eigenvalue weighted by molar-refractivity contribution is -0.169. The maximum atomic E-state index is 14.4. The van der Waals surface area contributed by atoms with E-state index < -0.39 is 34.7 Å². The summed E-state index contributed by atoms with van der Waals surface area (Å²) in [6.07, 6.45) is 2.32. The van der Waals surface area contributed by atoms with Crippen LogP contribution in [0.5, 0.6) is 0 Å². The lowest BCUT2D eigenvalue weighted by Crippen LogP contribution is -2.48. The first-order valence-corrected chi connectivity index (χ1v) is 9.45. The van der Waals surface area contributed by atoms with Crippen LogP contribution in [0.25, 0.3) is 0 Å². The quantitative estimate of drug-likeness (QED) is 0.396. The third-order valence-corrected chi connectivity index (χ3v) is 5.00. The molecule has 0 saturated carbocycles. The van der Waals surface area contributed by atoms with Crippen LogP contribution in [0.2, 0.25) is 0 Å². The number of rotatable bonds is 7. The van der Waals surface area contributed by atoms with Gasteiger partial charge in [-0.15, -0.1) is 0 Å². The Labute approximate surface area is 174 Å². The Morgan fingerprint density at radius 1 is 1.27 bits per heavy atom. The van der Waals surface area contributed by atoms with Crippen LogP contribution in [-0.2, 0) is 21.7 Å². The molecule has 0 radical (unpaired) electrons. The summed E-state index contributed by atoms with van der Waals surface area (Å²) in [7, 11) is 0. The van der Waals surface area contributed by atoms with Gasteiger partial charge < -0.3 is 9.84 Å². The van der Waals surface area contributed by atoms with Gasteiger partial charge in [-0.05, 0) is 30.5 Å². The Bertz CT molecular complexity index is 873. The fourth-order valence-corrected chi connectivity index (χ4v) is 3.49. The topological polar surface area (TPSA) is 80.5 Å². The number of aromatic nitrogens is 3. The van der Waals surface area contributed by atoms with Gasteiger partial charge in [0.1, 0.15) is 36.0 Å². The minimum atomic E-state index is -4.09. The smallest absolute Gasteiger partial charge is 0.417 e. The molecule has 2 aromatic rings. The average molecular weight is 451 g/mol. The number of hydrogen-bond acceptors (Lipinski definition) is 6. The van der Waals surface area contributed by atoms with Crippen molar-refractivity contribution in [1.29, 1.82) is 0 Å². The number of halogens is 5. The van der Waals surface area contributed by atoms with Crippen LogP contribution in [-0.4, -0.2) is 61.9 Å². The van der Waals surface area contributed by atoms with E-state index in [0.717, 1.165) is 6.07 Å². The highest BCUT2D eigenvalue weighted by atomic mass is 35.5. The molecule has 0 bridgehead atoms. The fraction of sp³-hybridized carbons (Fsp3) is 0.500. The molecule has 1 aliphatic rings. The van der Waals surface area contributed by atoms with E-state index in [-0.39, 0.29) is 44.6 Å². The number of alkyl halides is 3. The molecule has 2 heterocycles. The first kappa shape index (κ1) is 22.4. The predicted molar refractivity (Wildman–Crippen MR) is 96.6 cm³/mol. The summed E-state index contributed by atoms with van der Waals surface area (Å²) in [5.41, 5.74) is -1.90. The van der Waals surface area contributed by atoms with Crippen molar-refractivity contribution >= 4 is 17.6 Å². The van der Waals surface area contributed by atoms with Gasteiger partial charge in [0.05, 0.1) is 6.54 Å². The largest absolute Gasteiger partial charge is 0.457 e. The number of hydrogen-bond donors (Lipinski definition) is 1. The Kier molecular flexibility index (Phi) is 6.63. The number of aliphatic hydroxyl groups is 1. The lowest BCUT2D eigenvalue weighted by Gasteiger charge is -2.38. The van der Waals surface area contributed by atoms with Crippen molar-refractivity contribution in [2.75, 3.05) is 19.6 Å². The van der Waals surface area contributed by atoms with Gasteiger partial charge in [-0.25, -0.2) is 23.2 Å². The summed E-state index contributed by atoms with van der Waals surface area (Å²) < 4.78 is 59.4. The zero-order chi connectivity index (χ0) is 21.9. The molecule has 0 amide bonds. The van der Waals surface area contributed by atoms with Gasteiger partial charge in [0.2, 0.25) is 0 Å². The van der Waals surface area contributed by atoms with E-state index in [1.165, 1.54) is 23.4 Å². The monoisotopic (exact) mass is 450 g/mol. The number of benzene rings is 1. The molecule has 1 atom stereocenters. The molecular weight excluding hydrogens is 432 g/mol. The highest BCUT2D eigenvalue weighted by Crippen LogP contribution is 2.30. The van der Waals surface area contributed by atoms with Crippen molar-refractivity contribution in [3.05, 3.63) is 48.1 Å². The van der Waals surface area contributed by atoms with Crippen molar-refractivity contribution < 1.29 is 32.2 Å².